The van der Waals surface area contributed by atoms with E-state index in [0.29, 0.717) is 11.4 Å². The minimum absolute atomic E-state index is 0.247. The number of unbranched alkanes of at least 4 members (excludes halogenated alkanes) is 1. The molecule has 0 fully saturated rings. The van der Waals surface area contributed by atoms with Gasteiger partial charge in [0.05, 0.1) is 5.69 Å². The molecule has 0 unspecified atom stereocenters. The van der Waals surface area contributed by atoms with E-state index in [1.54, 1.807) is 12.1 Å². The van der Waals surface area contributed by atoms with Gasteiger partial charge < -0.3 is 10.6 Å². The van der Waals surface area contributed by atoms with Crippen LogP contribution in [0.4, 0.5) is 15.8 Å². The molecule has 0 amide bonds. The predicted octanol–water partition coefficient (Wildman–Crippen LogP) is 2.64. The van der Waals surface area contributed by atoms with Crippen molar-refractivity contribution in [2.24, 2.45) is 0 Å². The van der Waals surface area contributed by atoms with Gasteiger partial charge in [0.25, 0.3) is 0 Å². The van der Waals surface area contributed by atoms with E-state index in [0.717, 1.165) is 19.4 Å². The highest BCUT2D eigenvalue weighted by Crippen LogP contribution is 2.20. The number of hydrogen-bond acceptors (Lipinski definition) is 2. The Labute approximate surface area is 84.5 Å². The Hall–Kier alpha value is -1.25. The zero-order valence-electron chi connectivity index (χ0n) is 8.76. The van der Waals surface area contributed by atoms with Crippen molar-refractivity contribution >= 4 is 11.4 Å². The predicted molar refractivity (Wildman–Crippen MR) is 59.0 cm³/mol. The Balaban J connectivity index is 2.74. The first-order valence-corrected chi connectivity index (χ1v) is 4.91. The first kappa shape index (κ1) is 10.8. The minimum atomic E-state index is -0.247. The molecule has 0 bridgehead atoms. The summed E-state index contributed by atoms with van der Waals surface area (Å²) >= 11 is 0. The number of anilines is 2. The molecule has 0 aliphatic rings. The molecule has 2 N–H and O–H groups in total. The SMILES string of the molecule is CCCCN(C)c1ccc(N)cc1F. The van der Waals surface area contributed by atoms with E-state index in [9.17, 15) is 4.39 Å². The number of hydrogen-bond donors (Lipinski definition) is 1. The Kier molecular flexibility index (Phi) is 3.74. The maximum Gasteiger partial charge on any atom is 0.148 e. The van der Waals surface area contributed by atoms with Gasteiger partial charge in [0.1, 0.15) is 5.82 Å². The average Bonchev–Trinajstić information content (AvgIpc) is 2.14. The Morgan fingerprint density at radius 1 is 1.43 bits per heavy atom. The van der Waals surface area contributed by atoms with Crippen LogP contribution in [0.25, 0.3) is 0 Å². The fraction of sp³-hybridized carbons (Fsp3) is 0.455. The molecule has 0 aliphatic heterocycles. The molecule has 0 radical (unpaired) electrons. The summed E-state index contributed by atoms with van der Waals surface area (Å²) in [5.74, 6) is -0.247. The second-order valence-corrected chi connectivity index (χ2v) is 3.49. The van der Waals surface area contributed by atoms with Crippen LogP contribution < -0.4 is 10.6 Å². The molecule has 78 valence electrons. The van der Waals surface area contributed by atoms with Crippen LogP contribution in [-0.2, 0) is 0 Å². The highest BCUT2D eigenvalue weighted by Gasteiger charge is 2.06. The van der Waals surface area contributed by atoms with Gasteiger partial charge in [-0.1, -0.05) is 13.3 Å². The summed E-state index contributed by atoms with van der Waals surface area (Å²) < 4.78 is 13.4. The molecular weight excluding hydrogens is 179 g/mol. The van der Waals surface area contributed by atoms with Gasteiger partial charge in [0.15, 0.2) is 0 Å². The molecule has 14 heavy (non-hydrogen) atoms. The van der Waals surface area contributed by atoms with E-state index in [2.05, 4.69) is 6.92 Å². The molecule has 0 heterocycles. The highest BCUT2D eigenvalue weighted by molar-refractivity contribution is 5.53. The van der Waals surface area contributed by atoms with E-state index >= 15 is 0 Å². The lowest BCUT2D eigenvalue weighted by Crippen LogP contribution is -2.19. The van der Waals surface area contributed by atoms with Crippen molar-refractivity contribution in [3.63, 3.8) is 0 Å². The molecule has 1 aromatic rings. The minimum Gasteiger partial charge on any atom is -0.399 e. The number of nitrogens with zero attached hydrogens (tertiary/aromatic N) is 1. The molecule has 1 aromatic carbocycles. The summed E-state index contributed by atoms with van der Waals surface area (Å²) in [5, 5.41) is 0. The van der Waals surface area contributed by atoms with Crippen LogP contribution in [0.5, 0.6) is 0 Å². The second kappa shape index (κ2) is 4.84. The fourth-order valence-electron chi connectivity index (χ4n) is 1.35. The van der Waals surface area contributed by atoms with Crippen LogP contribution in [0.1, 0.15) is 19.8 Å². The van der Waals surface area contributed by atoms with Crippen LogP contribution in [-0.4, -0.2) is 13.6 Å². The lowest BCUT2D eigenvalue weighted by molar-refractivity contribution is 0.620. The molecule has 0 saturated heterocycles. The molecular formula is C11H17FN2. The fourth-order valence-corrected chi connectivity index (χ4v) is 1.35. The molecule has 3 heteroatoms. The summed E-state index contributed by atoms with van der Waals surface area (Å²) in [6, 6.07) is 4.80. The number of nitrogen functional groups attached to an aromatic ring is 1. The summed E-state index contributed by atoms with van der Waals surface area (Å²) in [4.78, 5) is 1.91. The van der Waals surface area contributed by atoms with Crippen molar-refractivity contribution in [2.45, 2.75) is 19.8 Å². The largest absolute Gasteiger partial charge is 0.399 e. The number of halogens is 1. The van der Waals surface area contributed by atoms with Gasteiger partial charge in [-0.15, -0.1) is 0 Å². The summed E-state index contributed by atoms with van der Waals surface area (Å²) in [5.41, 5.74) is 6.56. The van der Waals surface area contributed by atoms with Gasteiger partial charge in [-0.3, -0.25) is 0 Å². The van der Waals surface area contributed by atoms with E-state index in [1.165, 1.54) is 6.07 Å². The van der Waals surface area contributed by atoms with Crippen molar-refractivity contribution in [1.29, 1.82) is 0 Å². The second-order valence-electron chi connectivity index (χ2n) is 3.49. The van der Waals surface area contributed by atoms with E-state index in [-0.39, 0.29) is 5.82 Å². The maximum atomic E-state index is 13.4. The molecule has 2 nitrogen and oxygen atoms in total. The molecule has 1 rings (SSSR count). The van der Waals surface area contributed by atoms with Crippen LogP contribution >= 0.6 is 0 Å². The smallest absolute Gasteiger partial charge is 0.148 e. The molecule has 0 saturated carbocycles. The third-order valence-electron chi connectivity index (χ3n) is 2.23. The summed E-state index contributed by atoms with van der Waals surface area (Å²) in [6.07, 6.45) is 2.18. The summed E-state index contributed by atoms with van der Waals surface area (Å²) in [7, 11) is 1.89. The molecule has 0 aromatic heterocycles. The summed E-state index contributed by atoms with van der Waals surface area (Å²) in [6.45, 7) is 2.99. The Morgan fingerprint density at radius 3 is 2.71 bits per heavy atom. The maximum absolute atomic E-state index is 13.4. The lowest BCUT2D eigenvalue weighted by Gasteiger charge is -2.19. The molecule has 0 aliphatic carbocycles. The number of benzene rings is 1. The van der Waals surface area contributed by atoms with Crippen LogP contribution in [0, 0.1) is 5.82 Å². The van der Waals surface area contributed by atoms with Crippen LogP contribution in [0.15, 0.2) is 18.2 Å². The van der Waals surface area contributed by atoms with Crippen molar-refractivity contribution in [2.75, 3.05) is 24.2 Å². The molecule has 0 spiro atoms. The third kappa shape index (κ3) is 2.62. The van der Waals surface area contributed by atoms with Crippen molar-refractivity contribution in [3.8, 4) is 0 Å². The van der Waals surface area contributed by atoms with Gasteiger partial charge in [0.2, 0.25) is 0 Å². The van der Waals surface area contributed by atoms with Gasteiger partial charge in [0, 0.05) is 19.3 Å². The topological polar surface area (TPSA) is 29.3 Å². The highest BCUT2D eigenvalue weighted by atomic mass is 19.1. The quantitative estimate of drug-likeness (QED) is 0.750. The van der Waals surface area contributed by atoms with Crippen molar-refractivity contribution in [1.82, 2.24) is 0 Å². The monoisotopic (exact) mass is 196 g/mol. The van der Waals surface area contributed by atoms with Gasteiger partial charge in [-0.2, -0.15) is 0 Å². The van der Waals surface area contributed by atoms with E-state index in [1.807, 2.05) is 11.9 Å². The van der Waals surface area contributed by atoms with Crippen LogP contribution in [0.2, 0.25) is 0 Å². The lowest BCUT2D eigenvalue weighted by atomic mass is 10.2. The molecule has 0 atom stereocenters. The van der Waals surface area contributed by atoms with Crippen LogP contribution in [0.3, 0.4) is 0 Å². The van der Waals surface area contributed by atoms with Gasteiger partial charge >= 0.3 is 0 Å². The zero-order chi connectivity index (χ0) is 10.6. The Bertz CT molecular complexity index is 299. The standard InChI is InChI=1S/C11H17FN2/c1-3-4-7-14(2)11-6-5-9(13)8-10(11)12/h5-6,8H,3-4,7,13H2,1-2H3. The first-order valence-electron chi connectivity index (χ1n) is 4.91. The van der Waals surface area contributed by atoms with Gasteiger partial charge in [-0.25, -0.2) is 4.39 Å². The van der Waals surface area contributed by atoms with E-state index < -0.39 is 0 Å². The normalized spacial score (nSPS) is 10.2. The van der Waals surface area contributed by atoms with Crippen molar-refractivity contribution < 1.29 is 4.39 Å². The zero-order valence-corrected chi connectivity index (χ0v) is 8.76. The average molecular weight is 196 g/mol. The number of rotatable bonds is 4. The van der Waals surface area contributed by atoms with Gasteiger partial charge in [-0.05, 0) is 24.6 Å². The third-order valence-corrected chi connectivity index (χ3v) is 2.23. The Morgan fingerprint density at radius 2 is 2.14 bits per heavy atom. The number of nitrogens with two attached hydrogens (primary N) is 1. The van der Waals surface area contributed by atoms with E-state index in [4.69, 9.17) is 5.73 Å². The first-order chi connectivity index (χ1) is 6.65. The van der Waals surface area contributed by atoms with Crippen molar-refractivity contribution in [3.05, 3.63) is 24.0 Å².